The summed E-state index contributed by atoms with van der Waals surface area (Å²) in [7, 11) is 2.04. The minimum Gasteiger partial charge on any atom is -0.335 e. The van der Waals surface area contributed by atoms with E-state index in [1.807, 2.05) is 48.4 Å². The van der Waals surface area contributed by atoms with E-state index in [0.717, 1.165) is 18.7 Å². The van der Waals surface area contributed by atoms with Crippen LogP contribution in [0.5, 0.6) is 0 Å². The highest BCUT2D eigenvalue weighted by atomic mass is 35.5. The fraction of sp³-hybridized carbons (Fsp3) is 0.250. The van der Waals surface area contributed by atoms with Gasteiger partial charge < -0.3 is 9.80 Å². The van der Waals surface area contributed by atoms with E-state index in [9.17, 15) is 9.59 Å². The van der Waals surface area contributed by atoms with Gasteiger partial charge in [0.05, 0.1) is 5.69 Å². The molecule has 0 saturated carbocycles. The summed E-state index contributed by atoms with van der Waals surface area (Å²) in [5.74, 6) is -0.0690. The Balaban J connectivity index is 1.66. The van der Waals surface area contributed by atoms with Crippen molar-refractivity contribution in [2.24, 2.45) is 0 Å². The summed E-state index contributed by atoms with van der Waals surface area (Å²) in [6, 6.07) is 9.71. The zero-order valence-electron chi connectivity index (χ0n) is 15.3. The number of rotatable bonds is 3. The maximum Gasteiger partial charge on any atom is 0.277 e. The molecule has 1 aromatic carbocycles. The van der Waals surface area contributed by atoms with E-state index in [1.54, 1.807) is 12.3 Å². The number of hydrogen-bond acceptors (Lipinski definition) is 5. The first-order valence-electron chi connectivity index (χ1n) is 8.95. The Hall–Kier alpha value is -2.48. The van der Waals surface area contributed by atoms with E-state index < -0.39 is 0 Å². The Labute approximate surface area is 171 Å². The van der Waals surface area contributed by atoms with Crippen LogP contribution in [0.15, 0.2) is 41.3 Å². The van der Waals surface area contributed by atoms with Crippen molar-refractivity contribution in [1.29, 1.82) is 0 Å². The van der Waals surface area contributed by atoms with E-state index >= 15 is 0 Å². The Kier molecular flexibility index (Phi) is 5.30. The van der Waals surface area contributed by atoms with Crippen molar-refractivity contribution in [3.8, 4) is 0 Å². The van der Waals surface area contributed by atoms with E-state index in [-0.39, 0.29) is 16.5 Å². The fourth-order valence-electron chi connectivity index (χ4n) is 3.05. The maximum absolute atomic E-state index is 12.8. The number of benzene rings is 1. The number of halogens is 1. The van der Waals surface area contributed by atoms with Crippen molar-refractivity contribution in [2.75, 3.05) is 33.2 Å². The standard InChI is InChI=1S/C20H19ClN4O2S/c1-23-9-11-24(12-10-23)18(26)16-13-25-19(27)17(21)15(22-20(25)28-16)8-7-14-5-3-2-4-6-14/h2-8,13H,9-12H2,1H3. The first kappa shape index (κ1) is 18.9. The molecule has 2 aromatic heterocycles. The van der Waals surface area contributed by atoms with Gasteiger partial charge in [-0.25, -0.2) is 4.98 Å². The summed E-state index contributed by atoms with van der Waals surface area (Å²) in [5.41, 5.74) is 1.02. The van der Waals surface area contributed by atoms with Gasteiger partial charge in [-0.05, 0) is 18.7 Å². The Morgan fingerprint density at radius 2 is 1.86 bits per heavy atom. The molecule has 0 aliphatic carbocycles. The molecule has 0 unspecified atom stereocenters. The summed E-state index contributed by atoms with van der Waals surface area (Å²) < 4.78 is 1.36. The number of carbonyl (C=O) groups is 1. The fourth-order valence-corrected chi connectivity index (χ4v) is 4.20. The molecule has 6 nitrogen and oxygen atoms in total. The van der Waals surface area contributed by atoms with E-state index in [4.69, 9.17) is 11.6 Å². The highest BCUT2D eigenvalue weighted by molar-refractivity contribution is 7.18. The van der Waals surface area contributed by atoms with Gasteiger partial charge in [0, 0.05) is 32.4 Å². The van der Waals surface area contributed by atoms with Crippen LogP contribution in [0.1, 0.15) is 20.9 Å². The quantitative estimate of drug-likeness (QED) is 0.661. The smallest absolute Gasteiger partial charge is 0.277 e. The molecule has 0 bridgehead atoms. The van der Waals surface area contributed by atoms with E-state index in [0.29, 0.717) is 28.6 Å². The number of piperazine rings is 1. The molecule has 0 radical (unpaired) electrons. The number of thiazole rings is 1. The lowest BCUT2D eigenvalue weighted by Crippen LogP contribution is -2.46. The van der Waals surface area contributed by atoms with Gasteiger partial charge in [-0.2, -0.15) is 0 Å². The third kappa shape index (κ3) is 3.73. The molecule has 0 N–H and O–H groups in total. The molecule has 1 aliphatic rings. The molecular formula is C20H19ClN4O2S. The van der Waals surface area contributed by atoms with Crippen LogP contribution in [0.2, 0.25) is 5.02 Å². The van der Waals surface area contributed by atoms with Crippen molar-refractivity contribution in [2.45, 2.75) is 0 Å². The highest BCUT2D eigenvalue weighted by Gasteiger charge is 2.23. The van der Waals surface area contributed by atoms with Crippen molar-refractivity contribution in [3.63, 3.8) is 0 Å². The normalized spacial score (nSPS) is 15.6. The second-order valence-corrected chi connectivity index (χ2v) is 8.09. The average molecular weight is 415 g/mol. The van der Waals surface area contributed by atoms with Gasteiger partial charge in [0.2, 0.25) is 0 Å². The summed E-state index contributed by atoms with van der Waals surface area (Å²) >= 11 is 7.46. The van der Waals surface area contributed by atoms with Gasteiger partial charge in [-0.1, -0.05) is 59.3 Å². The number of amides is 1. The van der Waals surface area contributed by atoms with Gasteiger partial charge in [0.25, 0.3) is 11.5 Å². The lowest BCUT2D eigenvalue weighted by atomic mass is 10.2. The number of likely N-dealkylation sites (N-methyl/N-ethyl adjacent to an activating group) is 1. The number of hydrogen-bond donors (Lipinski definition) is 0. The lowest BCUT2D eigenvalue weighted by Gasteiger charge is -2.31. The molecule has 1 aliphatic heterocycles. The zero-order chi connectivity index (χ0) is 19.7. The average Bonchev–Trinajstić information content (AvgIpc) is 3.15. The van der Waals surface area contributed by atoms with Crippen LogP contribution < -0.4 is 5.56 Å². The molecule has 1 saturated heterocycles. The molecule has 144 valence electrons. The van der Waals surface area contributed by atoms with Crippen molar-refractivity contribution in [1.82, 2.24) is 19.2 Å². The molecule has 1 fully saturated rings. The minimum absolute atomic E-state index is 0.0427. The number of nitrogens with zero attached hydrogens (tertiary/aromatic N) is 4. The maximum atomic E-state index is 12.8. The number of carbonyl (C=O) groups excluding carboxylic acids is 1. The van der Waals surface area contributed by atoms with Crippen LogP contribution in [0.25, 0.3) is 17.1 Å². The van der Waals surface area contributed by atoms with E-state index in [2.05, 4.69) is 9.88 Å². The topological polar surface area (TPSA) is 57.9 Å². The first-order valence-corrected chi connectivity index (χ1v) is 10.1. The summed E-state index contributed by atoms with van der Waals surface area (Å²) in [5, 5.41) is 0.0427. The molecule has 3 heterocycles. The SMILES string of the molecule is CN1CCN(C(=O)c2cn3c(=O)c(Cl)c(C=Cc4ccccc4)nc3s2)CC1. The molecule has 4 rings (SSSR count). The third-order valence-corrected chi connectivity index (χ3v) is 6.06. The second-order valence-electron chi connectivity index (χ2n) is 6.70. The van der Waals surface area contributed by atoms with Crippen molar-refractivity contribution >= 4 is 46.0 Å². The van der Waals surface area contributed by atoms with Crippen LogP contribution in [-0.4, -0.2) is 58.3 Å². The Bertz CT molecular complexity index is 1100. The zero-order valence-corrected chi connectivity index (χ0v) is 16.9. The van der Waals surface area contributed by atoms with Gasteiger partial charge >= 0.3 is 0 Å². The van der Waals surface area contributed by atoms with Gasteiger partial charge in [0.1, 0.15) is 9.90 Å². The highest BCUT2D eigenvalue weighted by Crippen LogP contribution is 2.21. The van der Waals surface area contributed by atoms with Crippen LogP contribution in [0, 0.1) is 0 Å². The van der Waals surface area contributed by atoms with Crippen LogP contribution in [0.4, 0.5) is 0 Å². The van der Waals surface area contributed by atoms with Gasteiger partial charge in [-0.3, -0.25) is 14.0 Å². The number of aromatic nitrogens is 2. The molecular weight excluding hydrogens is 396 g/mol. The van der Waals surface area contributed by atoms with Crippen LogP contribution in [-0.2, 0) is 0 Å². The minimum atomic E-state index is -0.368. The first-order chi connectivity index (χ1) is 13.5. The second kappa shape index (κ2) is 7.87. The lowest BCUT2D eigenvalue weighted by molar-refractivity contribution is 0.0668. The third-order valence-electron chi connectivity index (χ3n) is 4.74. The van der Waals surface area contributed by atoms with Crippen molar-refractivity contribution in [3.05, 3.63) is 68.0 Å². The molecule has 8 heteroatoms. The molecule has 28 heavy (non-hydrogen) atoms. The molecule has 0 atom stereocenters. The summed E-state index contributed by atoms with van der Waals surface area (Å²) in [4.78, 5) is 34.9. The molecule has 0 spiro atoms. The Morgan fingerprint density at radius 1 is 1.14 bits per heavy atom. The van der Waals surface area contributed by atoms with Crippen LogP contribution >= 0.6 is 22.9 Å². The largest absolute Gasteiger partial charge is 0.335 e. The van der Waals surface area contributed by atoms with E-state index in [1.165, 1.54) is 15.7 Å². The predicted octanol–water partition coefficient (Wildman–Crippen LogP) is 2.97. The Morgan fingerprint density at radius 3 is 2.57 bits per heavy atom. The summed E-state index contributed by atoms with van der Waals surface area (Å²) in [6.45, 7) is 3.04. The predicted molar refractivity (Wildman–Crippen MR) is 113 cm³/mol. The van der Waals surface area contributed by atoms with Gasteiger partial charge in [-0.15, -0.1) is 0 Å². The monoisotopic (exact) mass is 414 g/mol. The van der Waals surface area contributed by atoms with Crippen LogP contribution in [0.3, 0.4) is 0 Å². The summed E-state index contributed by atoms with van der Waals surface area (Å²) in [6.07, 6.45) is 5.13. The molecule has 3 aromatic rings. The van der Waals surface area contributed by atoms with Crippen molar-refractivity contribution < 1.29 is 4.79 Å². The van der Waals surface area contributed by atoms with Gasteiger partial charge in [0.15, 0.2) is 4.96 Å². The number of fused-ring (bicyclic) bond motifs is 1. The molecule has 1 amide bonds.